The van der Waals surface area contributed by atoms with Crippen molar-refractivity contribution in [3.63, 3.8) is 0 Å². The normalized spacial score (nSPS) is 12.6. The number of halogens is 1. The lowest BCUT2D eigenvalue weighted by molar-refractivity contribution is 0.609. The van der Waals surface area contributed by atoms with Gasteiger partial charge in [0.2, 0.25) is 0 Å². The lowest BCUT2D eigenvalue weighted by Gasteiger charge is -2.12. The SMILES string of the molecule is CCC(N)Cc1cc(F)ccc1Sc1nncn1C. The number of hydrogen-bond donors (Lipinski definition) is 1. The second kappa shape index (κ2) is 6.16. The molecule has 0 aliphatic rings. The molecule has 1 heterocycles. The molecule has 1 unspecified atom stereocenters. The van der Waals surface area contributed by atoms with Crippen LogP contribution in [0, 0.1) is 5.82 Å². The van der Waals surface area contributed by atoms with Crippen LogP contribution in [-0.2, 0) is 13.5 Å². The predicted octanol–water partition coefficient (Wildman–Crippen LogP) is 2.39. The first-order valence-electron chi connectivity index (χ1n) is 6.16. The summed E-state index contributed by atoms with van der Waals surface area (Å²) in [5, 5.41) is 8.64. The zero-order valence-electron chi connectivity index (χ0n) is 11.0. The molecule has 2 aromatic rings. The topological polar surface area (TPSA) is 56.7 Å². The fourth-order valence-corrected chi connectivity index (χ4v) is 2.58. The summed E-state index contributed by atoms with van der Waals surface area (Å²) in [4.78, 5) is 0.974. The molecule has 6 heteroatoms. The molecule has 0 saturated carbocycles. The summed E-state index contributed by atoms with van der Waals surface area (Å²) in [7, 11) is 1.88. The lowest BCUT2D eigenvalue weighted by Crippen LogP contribution is -2.21. The van der Waals surface area contributed by atoms with Crippen molar-refractivity contribution in [1.82, 2.24) is 14.8 Å². The first kappa shape index (κ1) is 14.0. The Morgan fingerprint density at radius 2 is 2.26 bits per heavy atom. The van der Waals surface area contributed by atoms with E-state index in [1.165, 1.54) is 17.8 Å². The summed E-state index contributed by atoms with van der Waals surface area (Å²) in [6.45, 7) is 2.03. The van der Waals surface area contributed by atoms with Gasteiger partial charge in [0.15, 0.2) is 5.16 Å². The first-order chi connectivity index (χ1) is 9.10. The third-order valence-corrected chi connectivity index (χ3v) is 4.07. The average Bonchev–Trinajstić information content (AvgIpc) is 2.78. The number of nitrogens with two attached hydrogens (primary N) is 1. The van der Waals surface area contributed by atoms with E-state index in [1.807, 2.05) is 18.5 Å². The van der Waals surface area contributed by atoms with Gasteiger partial charge in [-0.25, -0.2) is 4.39 Å². The van der Waals surface area contributed by atoms with Crippen molar-refractivity contribution in [3.8, 4) is 0 Å². The van der Waals surface area contributed by atoms with Crippen molar-refractivity contribution < 1.29 is 4.39 Å². The van der Waals surface area contributed by atoms with Crippen molar-refractivity contribution >= 4 is 11.8 Å². The highest BCUT2D eigenvalue weighted by Gasteiger charge is 2.12. The van der Waals surface area contributed by atoms with Crippen molar-refractivity contribution in [3.05, 3.63) is 35.9 Å². The Labute approximate surface area is 116 Å². The van der Waals surface area contributed by atoms with E-state index in [1.54, 1.807) is 18.5 Å². The quantitative estimate of drug-likeness (QED) is 0.913. The van der Waals surface area contributed by atoms with Gasteiger partial charge < -0.3 is 10.3 Å². The number of nitrogens with zero attached hydrogens (tertiary/aromatic N) is 3. The van der Waals surface area contributed by atoms with Crippen LogP contribution in [0.1, 0.15) is 18.9 Å². The molecule has 4 nitrogen and oxygen atoms in total. The minimum atomic E-state index is -0.236. The molecule has 1 aromatic carbocycles. The van der Waals surface area contributed by atoms with E-state index in [4.69, 9.17) is 5.73 Å². The Bertz CT molecular complexity index is 555. The summed E-state index contributed by atoms with van der Waals surface area (Å²) in [5.74, 6) is -0.236. The number of aryl methyl sites for hydroxylation is 1. The van der Waals surface area contributed by atoms with Crippen LogP contribution in [0.3, 0.4) is 0 Å². The fraction of sp³-hybridized carbons (Fsp3) is 0.385. The van der Waals surface area contributed by atoms with Crippen molar-refractivity contribution in [1.29, 1.82) is 0 Å². The molecule has 0 spiro atoms. The third kappa shape index (κ3) is 3.54. The van der Waals surface area contributed by atoms with Crippen molar-refractivity contribution in [2.75, 3.05) is 0 Å². The molecule has 1 aromatic heterocycles. The molecule has 2 N–H and O–H groups in total. The highest BCUT2D eigenvalue weighted by Crippen LogP contribution is 2.30. The average molecular weight is 280 g/mol. The van der Waals surface area contributed by atoms with E-state index >= 15 is 0 Å². The zero-order valence-corrected chi connectivity index (χ0v) is 11.8. The number of aromatic nitrogens is 3. The zero-order chi connectivity index (χ0) is 13.8. The van der Waals surface area contributed by atoms with Gasteiger partial charge in [-0.1, -0.05) is 6.92 Å². The summed E-state index contributed by atoms with van der Waals surface area (Å²) in [5.41, 5.74) is 6.88. The Hall–Kier alpha value is -1.40. The van der Waals surface area contributed by atoms with Crippen LogP contribution in [0.5, 0.6) is 0 Å². The smallest absolute Gasteiger partial charge is 0.195 e. The molecular formula is C13H17FN4S. The molecule has 0 amide bonds. The monoisotopic (exact) mass is 280 g/mol. The molecule has 19 heavy (non-hydrogen) atoms. The molecule has 0 saturated heterocycles. The number of hydrogen-bond acceptors (Lipinski definition) is 4. The highest BCUT2D eigenvalue weighted by molar-refractivity contribution is 7.99. The van der Waals surface area contributed by atoms with Crippen molar-refractivity contribution in [2.24, 2.45) is 12.8 Å². The summed E-state index contributed by atoms with van der Waals surface area (Å²) < 4.78 is 15.2. The van der Waals surface area contributed by atoms with Gasteiger partial charge in [-0.2, -0.15) is 0 Å². The molecular weight excluding hydrogens is 263 g/mol. The minimum absolute atomic E-state index is 0.0423. The second-order valence-electron chi connectivity index (χ2n) is 4.45. The van der Waals surface area contributed by atoms with E-state index in [9.17, 15) is 4.39 Å². The first-order valence-corrected chi connectivity index (χ1v) is 6.97. The van der Waals surface area contributed by atoms with Crippen LogP contribution in [0.15, 0.2) is 34.6 Å². The van der Waals surface area contributed by atoms with Crippen LogP contribution < -0.4 is 5.73 Å². The van der Waals surface area contributed by atoms with Crippen LogP contribution in [0.4, 0.5) is 4.39 Å². The van der Waals surface area contributed by atoms with Gasteiger partial charge in [0, 0.05) is 18.0 Å². The number of rotatable bonds is 5. The Morgan fingerprint density at radius 3 is 2.89 bits per heavy atom. The Balaban J connectivity index is 2.26. The highest BCUT2D eigenvalue weighted by atomic mass is 32.2. The van der Waals surface area contributed by atoms with Gasteiger partial charge >= 0.3 is 0 Å². The molecule has 0 aliphatic heterocycles. The van der Waals surface area contributed by atoms with Crippen LogP contribution in [0.2, 0.25) is 0 Å². The summed E-state index contributed by atoms with van der Waals surface area (Å²) >= 11 is 1.48. The van der Waals surface area contributed by atoms with E-state index in [0.29, 0.717) is 6.42 Å². The van der Waals surface area contributed by atoms with E-state index in [0.717, 1.165) is 22.0 Å². The molecule has 1 atom stereocenters. The summed E-state index contributed by atoms with van der Waals surface area (Å²) in [6, 6.07) is 4.82. The van der Waals surface area contributed by atoms with Gasteiger partial charge in [0.25, 0.3) is 0 Å². The molecule has 2 rings (SSSR count). The Kier molecular flexibility index (Phi) is 4.55. The lowest BCUT2D eigenvalue weighted by atomic mass is 10.0. The van der Waals surface area contributed by atoms with Gasteiger partial charge in [-0.05, 0) is 48.4 Å². The maximum atomic E-state index is 13.4. The molecule has 0 aliphatic carbocycles. The van der Waals surface area contributed by atoms with Gasteiger partial charge in [-0.15, -0.1) is 10.2 Å². The number of benzene rings is 1. The molecule has 0 fully saturated rings. The van der Waals surface area contributed by atoms with Crippen LogP contribution >= 0.6 is 11.8 Å². The summed E-state index contributed by atoms with van der Waals surface area (Å²) in [6.07, 6.45) is 3.17. The van der Waals surface area contributed by atoms with Crippen LogP contribution in [-0.4, -0.2) is 20.8 Å². The van der Waals surface area contributed by atoms with Gasteiger partial charge in [-0.3, -0.25) is 0 Å². The standard InChI is InChI=1S/C13H17FN4S/c1-3-11(15)7-9-6-10(14)4-5-12(9)19-13-17-16-8-18(13)2/h4-6,8,11H,3,7,15H2,1-2H3. The molecule has 0 radical (unpaired) electrons. The predicted molar refractivity (Wildman–Crippen MR) is 73.5 cm³/mol. The third-order valence-electron chi connectivity index (χ3n) is 2.90. The fourth-order valence-electron chi connectivity index (χ4n) is 1.70. The van der Waals surface area contributed by atoms with E-state index in [2.05, 4.69) is 10.2 Å². The second-order valence-corrected chi connectivity index (χ2v) is 5.46. The van der Waals surface area contributed by atoms with Crippen LogP contribution in [0.25, 0.3) is 0 Å². The van der Waals surface area contributed by atoms with E-state index < -0.39 is 0 Å². The molecule has 0 bridgehead atoms. The van der Waals surface area contributed by atoms with Gasteiger partial charge in [0.05, 0.1) is 0 Å². The maximum Gasteiger partial charge on any atom is 0.195 e. The molecule has 102 valence electrons. The van der Waals surface area contributed by atoms with E-state index in [-0.39, 0.29) is 11.9 Å². The largest absolute Gasteiger partial charge is 0.327 e. The maximum absolute atomic E-state index is 13.4. The van der Waals surface area contributed by atoms with Crippen molar-refractivity contribution in [2.45, 2.75) is 35.9 Å². The minimum Gasteiger partial charge on any atom is -0.327 e. The van der Waals surface area contributed by atoms with Gasteiger partial charge in [0.1, 0.15) is 12.1 Å². The Morgan fingerprint density at radius 1 is 1.47 bits per heavy atom.